The number of pyridine rings is 1. The molecule has 0 aliphatic carbocycles. The Kier molecular flexibility index (Phi) is 4.59. The maximum Gasteiger partial charge on any atom is 0.354 e. The smallest absolute Gasteiger partial charge is 0.354 e. The highest BCUT2D eigenvalue weighted by Gasteiger charge is 2.06. The van der Waals surface area contributed by atoms with Crippen LogP contribution >= 0.6 is 0 Å². The van der Waals surface area contributed by atoms with Crippen molar-refractivity contribution >= 4 is 17.6 Å². The van der Waals surface area contributed by atoms with Crippen molar-refractivity contribution in [3.63, 3.8) is 0 Å². The molecule has 0 saturated carbocycles. The maximum atomic E-state index is 11.4. The molecular weight excluding hydrogens is 224 g/mol. The van der Waals surface area contributed by atoms with Crippen LogP contribution in [0, 0.1) is 0 Å². The van der Waals surface area contributed by atoms with Gasteiger partial charge in [0.1, 0.15) is 12.3 Å². The number of carbonyl (C=O) groups is 2. The van der Waals surface area contributed by atoms with Crippen LogP contribution < -0.4 is 5.32 Å². The lowest BCUT2D eigenvalue weighted by Crippen LogP contribution is -2.20. The fourth-order valence-electron chi connectivity index (χ4n) is 1.03. The molecule has 17 heavy (non-hydrogen) atoms. The van der Waals surface area contributed by atoms with Gasteiger partial charge in [-0.15, -0.1) is 0 Å². The van der Waals surface area contributed by atoms with E-state index in [0.29, 0.717) is 5.69 Å². The molecule has 0 spiro atoms. The Hall–Kier alpha value is -1.95. The van der Waals surface area contributed by atoms with Crippen LogP contribution in [0.2, 0.25) is 0 Å². The molecule has 1 rings (SSSR count). The van der Waals surface area contributed by atoms with Crippen molar-refractivity contribution in [2.75, 3.05) is 11.9 Å². The van der Waals surface area contributed by atoms with Crippen LogP contribution in [-0.2, 0) is 9.53 Å². The average molecular weight is 238 g/mol. The first kappa shape index (κ1) is 13.1. The number of hydrogen-bond acceptors (Lipinski definition) is 4. The lowest BCUT2D eigenvalue weighted by Gasteiger charge is -2.08. The highest BCUT2D eigenvalue weighted by atomic mass is 16.5. The summed E-state index contributed by atoms with van der Waals surface area (Å²) in [4.78, 5) is 25.6. The van der Waals surface area contributed by atoms with E-state index < -0.39 is 5.97 Å². The van der Waals surface area contributed by atoms with Crippen LogP contribution in [0.4, 0.5) is 5.69 Å². The van der Waals surface area contributed by atoms with E-state index in [-0.39, 0.29) is 24.3 Å². The third-order valence-corrected chi connectivity index (χ3v) is 1.81. The molecule has 1 heterocycles. The minimum absolute atomic E-state index is 0.0201. The number of anilines is 1. The number of rotatable bonds is 5. The largest absolute Gasteiger partial charge is 0.477 e. The lowest BCUT2D eigenvalue weighted by molar-refractivity contribution is -0.121. The summed E-state index contributed by atoms with van der Waals surface area (Å²) in [6, 6.07) is 2.80. The third-order valence-electron chi connectivity index (χ3n) is 1.81. The summed E-state index contributed by atoms with van der Waals surface area (Å²) in [7, 11) is 0. The zero-order valence-electron chi connectivity index (χ0n) is 9.64. The number of nitrogens with zero attached hydrogens (tertiary/aromatic N) is 1. The van der Waals surface area contributed by atoms with E-state index in [9.17, 15) is 9.59 Å². The second-order valence-electron chi connectivity index (χ2n) is 3.65. The number of aromatic nitrogens is 1. The molecule has 0 atom stereocenters. The Labute approximate surface area is 98.6 Å². The average Bonchev–Trinajstić information content (AvgIpc) is 2.27. The van der Waals surface area contributed by atoms with Crippen LogP contribution in [0.15, 0.2) is 18.3 Å². The van der Waals surface area contributed by atoms with Crippen molar-refractivity contribution in [1.29, 1.82) is 0 Å². The van der Waals surface area contributed by atoms with Crippen molar-refractivity contribution in [1.82, 2.24) is 4.98 Å². The van der Waals surface area contributed by atoms with E-state index in [4.69, 9.17) is 9.84 Å². The fourth-order valence-corrected chi connectivity index (χ4v) is 1.03. The molecule has 92 valence electrons. The quantitative estimate of drug-likeness (QED) is 0.803. The van der Waals surface area contributed by atoms with E-state index in [1.165, 1.54) is 18.3 Å². The molecule has 0 saturated heterocycles. The van der Waals surface area contributed by atoms with Gasteiger partial charge < -0.3 is 15.2 Å². The van der Waals surface area contributed by atoms with Crippen LogP contribution in [0.1, 0.15) is 24.3 Å². The predicted molar refractivity (Wildman–Crippen MR) is 60.9 cm³/mol. The van der Waals surface area contributed by atoms with Crippen LogP contribution in [0.3, 0.4) is 0 Å². The highest BCUT2D eigenvalue weighted by Crippen LogP contribution is 2.06. The van der Waals surface area contributed by atoms with E-state index in [1.54, 1.807) is 0 Å². The Morgan fingerprint density at radius 3 is 2.65 bits per heavy atom. The van der Waals surface area contributed by atoms with Gasteiger partial charge in [0.15, 0.2) is 0 Å². The number of carboxylic acids is 1. The lowest BCUT2D eigenvalue weighted by atomic mass is 10.3. The number of hydrogen-bond donors (Lipinski definition) is 2. The molecule has 0 fully saturated rings. The molecule has 6 heteroatoms. The molecule has 0 aliphatic rings. The van der Waals surface area contributed by atoms with Crippen molar-refractivity contribution in [2.45, 2.75) is 20.0 Å². The molecule has 6 nitrogen and oxygen atoms in total. The third kappa shape index (κ3) is 4.60. The SMILES string of the molecule is CC(C)OCC(=O)Nc1ccc(C(=O)O)nc1. The number of carbonyl (C=O) groups excluding carboxylic acids is 1. The summed E-state index contributed by atoms with van der Waals surface area (Å²) in [5.74, 6) is -1.41. The fraction of sp³-hybridized carbons (Fsp3) is 0.364. The maximum absolute atomic E-state index is 11.4. The van der Waals surface area contributed by atoms with E-state index >= 15 is 0 Å². The molecule has 0 aliphatic heterocycles. The van der Waals surface area contributed by atoms with Crippen LogP contribution in [0.25, 0.3) is 0 Å². The number of ether oxygens (including phenoxy) is 1. The first-order chi connectivity index (χ1) is 7.99. The summed E-state index contributed by atoms with van der Waals surface area (Å²) >= 11 is 0. The van der Waals surface area contributed by atoms with Gasteiger partial charge in [-0.3, -0.25) is 4.79 Å². The molecule has 1 amide bonds. The second kappa shape index (κ2) is 5.95. The zero-order valence-corrected chi connectivity index (χ0v) is 9.64. The molecule has 0 radical (unpaired) electrons. The van der Waals surface area contributed by atoms with E-state index in [0.717, 1.165) is 0 Å². The van der Waals surface area contributed by atoms with Gasteiger partial charge in [-0.2, -0.15) is 0 Å². The van der Waals surface area contributed by atoms with Gasteiger partial charge in [-0.1, -0.05) is 0 Å². The van der Waals surface area contributed by atoms with E-state index in [1.807, 2.05) is 13.8 Å². The standard InChI is InChI=1S/C11H14N2O4/c1-7(2)17-6-10(14)13-8-3-4-9(11(15)16)12-5-8/h3-5,7H,6H2,1-2H3,(H,13,14)(H,15,16). The topological polar surface area (TPSA) is 88.5 Å². The van der Waals surface area contributed by atoms with Crippen molar-refractivity contribution in [3.05, 3.63) is 24.0 Å². The predicted octanol–water partition coefficient (Wildman–Crippen LogP) is 1.14. The van der Waals surface area contributed by atoms with Gasteiger partial charge in [-0.25, -0.2) is 9.78 Å². The number of nitrogens with one attached hydrogen (secondary N) is 1. The second-order valence-corrected chi connectivity index (χ2v) is 3.65. The van der Waals surface area contributed by atoms with Gasteiger partial charge in [-0.05, 0) is 26.0 Å². The normalized spacial score (nSPS) is 10.3. The van der Waals surface area contributed by atoms with E-state index in [2.05, 4.69) is 10.3 Å². The van der Waals surface area contributed by atoms with Crippen molar-refractivity contribution < 1.29 is 19.4 Å². The minimum atomic E-state index is -1.11. The Bertz CT molecular complexity index is 400. The van der Waals surface area contributed by atoms with Crippen LogP contribution in [-0.4, -0.2) is 34.7 Å². The highest BCUT2D eigenvalue weighted by molar-refractivity contribution is 5.92. The van der Waals surface area contributed by atoms with Crippen molar-refractivity contribution in [3.8, 4) is 0 Å². The molecule has 0 unspecified atom stereocenters. The Morgan fingerprint density at radius 1 is 1.47 bits per heavy atom. The number of carboxylic acid groups (broad SMARTS) is 1. The molecule has 1 aromatic heterocycles. The number of amides is 1. The summed E-state index contributed by atoms with van der Waals surface area (Å²) in [5, 5.41) is 11.2. The number of aromatic carboxylic acids is 1. The van der Waals surface area contributed by atoms with Crippen molar-refractivity contribution in [2.24, 2.45) is 0 Å². The minimum Gasteiger partial charge on any atom is -0.477 e. The molecule has 2 N–H and O–H groups in total. The first-order valence-corrected chi connectivity index (χ1v) is 5.10. The van der Waals surface area contributed by atoms with Crippen LogP contribution in [0.5, 0.6) is 0 Å². The van der Waals surface area contributed by atoms with Gasteiger partial charge >= 0.3 is 5.97 Å². The van der Waals surface area contributed by atoms with Gasteiger partial charge in [0.05, 0.1) is 18.0 Å². The van der Waals surface area contributed by atoms with Gasteiger partial charge in [0.2, 0.25) is 5.91 Å². The summed E-state index contributed by atoms with van der Waals surface area (Å²) in [6.45, 7) is 3.62. The molecule has 1 aromatic rings. The Balaban J connectivity index is 2.51. The first-order valence-electron chi connectivity index (χ1n) is 5.10. The summed E-state index contributed by atoms with van der Waals surface area (Å²) < 4.78 is 5.11. The van der Waals surface area contributed by atoms with Gasteiger partial charge in [0, 0.05) is 0 Å². The summed E-state index contributed by atoms with van der Waals surface area (Å²) in [5.41, 5.74) is 0.369. The Morgan fingerprint density at radius 2 is 2.18 bits per heavy atom. The summed E-state index contributed by atoms with van der Waals surface area (Å²) in [6.07, 6.45) is 1.27. The molecule has 0 aromatic carbocycles. The molecule has 0 bridgehead atoms. The van der Waals surface area contributed by atoms with Gasteiger partial charge in [0.25, 0.3) is 0 Å². The molecular formula is C11H14N2O4. The monoisotopic (exact) mass is 238 g/mol. The zero-order chi connectivity index (χ0) is 12.8.